The molecule has 10 atom stereocenters. The van der Waals surface area contributed by atoms with E-state index in [0.29, 0.717) is 16.2 Å². The summed E-state index contributed by atoms with van der Waals surface area (Å²) in [5.41, 5.74) is 1.98. The van der Waals surface area contributed by atoms with Gasteiger partial charge in [-0.1, -0.05) is 47.5 Å². The van der Waals surface area contributed by atoms with E-state index in [1.807, 2.05) is 0 Å². The lowest BCUT2D eigenvalue weighted by atomic mass is 9.32. The van der Waals surface area contributed by atoms with Gasteiger partial charge in [-0.2, -0.15) is 0 Å². The molecule has 5 rings (SSSR count). The van der Waals surface area contributed by atoms with E-state index in [1.54, 1.807) is 32.1 Å². The van der Waals surface area contributed by atoms with Crippen LogP contribution in [0.3, 0.4) is 0 Å². The summed E-state index contributed by atoms with van der Waals surface area (Å²) >= 11 is 0. The molecule has 22 heavy (non-hydrogen) atoms. The highest BCUT2D eigenvalue weighted by Crippen LogP contribution is 2.86. The molecule has 0 aromatic heterocycles. The zero-order chi connectivity index (χ0) is 15.5. The summed E-state index contributed by atoms with van der Waals surface area (Å²) in [4.78, 5) is 0. The molecule has 5 fully saturated rings. The predicted molar refractivity (Wildman–Crippen MR) is 92.4 cm³/mol. The van der Waals surface area contributed by atoms with Gasteiger partial charge in [0.1, 0.15) is 0 Å². The lowest BCUT2D eigenvalue weighted by Gasteiger charge is -2.72. The SMILES string of the molecule is CCCC1CC2CCC3C4CC(C)(C5(C)C(C)CC5C14)C23C. The van der Waals surface area contributed by atoms with E-state index in [2.05, 4.69) is 34.6 Å². The molecule has 5 aliphatic carbocycles. The van der Waals surface area contributed by atoms with Crippen LogP contribution in [0.25, 0.3) is 0 Å². The second-order valence-electron chi connectivity index (χ2n) is 10.8. The topological polar surface area (TPSA) is 0 Å². The van der Waals surface area contributed by atoms with Crippen LogP contribution in [0.2, 0.25) is 0 Å². The molecule has 0 N–H and O–H groups in total. The Kier molecular flexibility index (Phi) is 2.59. The summed E-state index contributed by atoms with van der Waals surface area (Å²) in [5.74, 6) is 7.47. The van der Waals surface area contributed by atoms with Crippen LogP contribution < -0.4 is 0 Å². The van der Waals surface area contributed by atoms with Gasteiger partial charge >= 0.3 is 0 Å². The van der Waals surface area contributed by atoms with Crippen molar-refractivity contribution in [1.82, 2.24) is 0 Å². The minimum absolute atomic E-state index is 0.645. The van der Waals surface area contributed by atoms with Crippen molar-refractivity contribution in [2.45, 2.75) is 79.6 Å². The van der Waals surface area contributed by atoms with Gasteiger partial charge in [-0.25, -0.2) is 0 Å². The monoisotopic (exact) mass is 300 g/mol. The average molecular weight is 301 g/mol. The highest BCUT2D eigenvalue weighted by molar-refractivity contribution is 5.28. The van der Waals surface area contributed by atoms with Crippen LogP contribution in [0.5, 0.6) is 0 Å². The van der Waals surface area contributed by atoms with Crippen molar-refractivity contribution in [3.8, 4) is 0 Å². The Morgan fingerprint density at radius 2 is 1.73 bits per heavy atom. The second-order valence-corrected chi connectivity index (χ2v) is 10.8. The Bertz CT molecular complexity index is 508. The minimum Gasteiger partial charge on any atom is -0.0654 e. The largest absolute Gasteiger partial charge is 0.0654 e. The Labute approximate surface area is 137 Å². The molecule has 0 radical (unpaired) electrons. The Balaban J connectivity index is 1.71. The van der Waals surface area contributed by atoms with Gasteiger partial charge in [0.15, 0.2) is 0 Å². The summed E-state index contributed by atoms with van der Waals surface area (Å²) in [5, 5.41) is 0. The first-order valence-corrected chi connectivity index (χ1v) is 10.4. The minimum atomic E-state index is 0.645. The average Bonchev–Trinajstić information content (AvgIpc) is 2.86. The first-order chi connectivity index (χ1) is 10.4. The molecule has 0 spiro atoms. The standard InChI is InChI=1S/C22H36/c1-6-7-14-11-15-8-9-17-16-12-20(3,22(15,17)5)21(4)13(2)10-18(21)19(14)16/h13-19H,6-12H2,1-5H3. The number of hydrogen-bond donors (Lipinski definition) is 0. The molecule has 6 bridgehead atoms. The van der Waals surface area contributed by atoms with Crippen LogP contribution in [0.1, 0.15) is 79.6 Å². The van der Waals surface area contributed by atoms with E-state index < -0.39 is 0 Å². The molecule has 0 aliphatic heterocycles. The molecule has 0 heteroatoms. The van der Waals surface area contributed by atoms with Gasteiger partial charge in [0, 0.05) is 0 Å². The van der Waals surface area contributed by atoms with Gasteiger partial charge in [-0.3, -0.25) is 0 Å². The van der Waals surface area contributed by atoms with Crippen molar-refractivity contribution < 1.29 is 0 Å². The maximum atomic E-state index is 2.78. The molecule has 5 saturated carbocycles. The zero-order valence-corrected chi connectivity index (χ0v) is 15.5. The van der Waals surface area contributed by atoms with Crippen LogP contribution in [0, 0.1) is 57.7 Å². The van der Waals surface area contributed by atoms with E-state index in [9.17, 15) is 0 Å². The fourth-order valence-corrected chi connectivity index (χ4v) is 9.97. The van der Waals surface area contributed by atoms with Crippen LogP contribution >= 0.6 is 0 Å². The van der Waals surface area contributed by atoms with Crippen LogP contribution in [0.15, 0.2) is 0 Å². The van der Waals surface area contributed by atoms with Gasteiger partial charge in [-0.05, 0) is 89.8 Å². The van der Waals surface area contributed by atoms with Gasteiger partial charge in [0.05, 0.1) is 0 Å². The lowest BCUT2D eigenvalue weighted by Crippen LogP contribution is -2.66. The Morgan fingerprint density at radius 1 is 0.955 bits per heavy atom. The summed E-state index contributed by atoms with van der Waals surface area (Å²) in [6, 6.07) is 0. The van der Waals surface area contributed by atoms with Crippen molar-refractivity contribution >= 4 is 0 Å². The molecule has 0 aromatic carbocycles. The molecule has 10 unspecified atom stereocenters. The first kappa shape index (κ1) is 14.4. The molecule has 0 nitrogen and oxygen atoms in total. The van der Waals surface area contributed by atoms with Crippen molar-refractivity contribution in [3.63, 3.8) is 0 Å². The first-order valence-electron chi connectivity index (χ1n) is 10.4. The van der Waals surface area contributed by atoms with Crippen LogP contribution in [-0.2, 0) is 0 Å². The Morgan fingerprint density at radius 3 is 2.41 bits per heavy atom. The van der Waals surface area contributed by atoms with E-state index in [0.717, 1.165) is 41.4 Å². The van der Waals surface area contributed by atoms with E-state index in [4.69, 9.17) is 0 Å². The van der Waals surface area contributed by atoms with E-state index >= 15 is 0 Å². The van der Waals surface area contributed by atoms with Gasteiger partial charge in [0.25, 0.3) is 0 Å². The van der Waals surface area contributed by atoms with Crippen LogP contribution in [-0.4, -0.2) is 0 Å². The van der Waals surface area contributed by atoms with Gasteiger partial charge in [0.2, 0.25) is 0 Å². The lowest BCUT2D eigenvalue weighted by molar-refractivity contribution is -0.239. The maximum absolute atomic E-state index is 2.78. The molecule has 0 heterocycles. The van der Waals surface area contributed by atoms with E-state index in [-0.39, 0.29) is 0 Å². The fraction of sp³-hybridized carbons (Fsp3) is 1.00. The highest BCUT2D eigenvalue weighted by Gasteiger charge is 2.80. The summed E-state index contributed by atoms with van der Waals surface area (Å²) in [6.07, 6.45) is 10.8. The number of hydrogen-bond acceptors (Lipinski definition) is 0. The maximum Gasteiger partial charge on any atom is -0.0205 e. The quantitative estimate of drug-likeness (QED) is 0.573. The Hall–Kier alpha value is 0. The van der Waals surface area contributed by atoms with Gasteiger partial charge in [-0.15, -0.1) is 0 Å². The van der Waals surface area contributed by atoms with Crippen molar-refractivity contribution in [1.29, 1.82) is 0 Å². The second kappa shape index (κ2) is 3.97. The predicted octanol–water partition coefficient (Wildman–Crippen LogP) is 6.16. The molecule has 124 valence electrons. The molecule has 0 saturated heterocycles. The van der Waals surface area contributed by atoms with Gasteiger partial charge < -0.3 is 0 Å². The summed E-state index contributed by atoms with van der Waals surface area (Å²) < 4.78 is 0. The van der Waals surface area contributed by atoms with Crippen molar-refractivity contribution in [2.24, 2.45) is 57.7 Å². The van der Waals surface area contributed by atoms with Crippen LogP contribution in [0.4, 0.5) is 0 Å². The molecule has 0 amide bonds. The third-order valence-electron chi connectivity index (χ3n) is 11.1. The van der Waals surface area contributed by atoms with Crippen molar-refractivity contribution in [2.75, 3.05) is 0 Å². The number of rotatable bonds is 2. The summed E-state index contributed by atoms with van der Waals surface area (Å²) in [6.45, 7) is 13.3. The molecule has 0 aromatic rings. The molecular formula is C22H36. The molecular weight excluding hydrogens is 264 g/mol. The number of fused-ring (bicyclic) bond motifs is 3. The third kappa shape index (κ3) is 1.16. The van der Waals surface area contributed by atoms with E-state index in [1.165, 1.54) is 12.8 Å². The molecule has 5 aliphatic rings. The zero-order valence-electron chi connectivity index (χ0n) is 15.5. The highest BCUT2D eigenvalue weighted by atomic mass is 14.8. The normalized spacial score (nSPS) is 67.8. The third-order valence-corrected chi connectivity index (χ3v) is 11.1. The van der Waals surface area contributed by atoms with Crippen molar-refractivity contribution in [3.05, 3.63) is 0 Å². The fourth-order valence-electron chi connectivity index (χ4n) is 9.97. The smallest absolute Gasteiger partial charge is 0.0205 e. The summed E-state index contributed by atoms with van der Waals surface area (Å²) in [7, 11) is 0.